The molecule has 1 unspecified atom stereocenters. The van der Waals surface area contributed by atoms with Crippen LogP contribution in [-0.4, -0.2) is 18.4 Å². The number of hydrogen-bond donors (Lipinski definition) is 0. The zero-order chi connectivity index (χ0) is 14.9. The van der Waals surface area contributed by atoms with Crippen molar-refractivity contribution in [1.29, 1.82) is 0 Å². The Balaban J connectivity index is 2.40. The van der Waals surface area contributed by atoms with E-state index in [0.29, 0.717) is 12.0 Å². The maximum Gasteiger partial charge on any atom is 0.320 e. The van der Waals surface area contributed by atoms with Crippen LogP contribution in [0.25, 0.3) is 0 Å². The first-order chi connectivity index (χ1) is 9.40. The summed E-state index contributed by atoms with van der Waals surface area (Å²) in [6, 6.07) is 3.95. The first-order valence-corrected chi connectivity index (χ1v) is 6.83. The van der Waals surface area contributed by atoms with Crippen LogP contribution in [0.15, 0.2) is 24.8 Å². The highest BCUT2D eigenvalue weighted by atomic mass is 16.5. The number of aryl methyl sites for hydroxylation is 2. The number of fused-ring (bicyclic) bond motifs is 1. The lowest BCUT2D eigenvalue weighted by Crippen LogP contribution is -2.42. The summed E-state index contributed by atoms with van der Waals surface area (Å²) in [5.74, 6) is -0.577. The number of esters is 1. The molecule has 1 aliphatic rings. The lowest BCUT2D eigenvalue weighted by atomic mass is 9.70. The summed E-state index contributed by atoms with van der Waals surface area (Å²) in [4.78, 5) is 24.9. The van der Waals surface area contributed by atoms with E-state index < -0.39 is 11.4 Å². The molecule has 0 saturated carbocycles. The minimum Gasteiger partial charge on any atom is -0.461 e. The van der Waals surface area contributed by atoms with Gasteiger partial charge in [0.05, 0.1) is 0 Å². The zero-order valence-corrected chi connectivity index (χ0v) is 12.3. The Morgan fingerprint density at radius 2 is 2.15 bits per heavy atom. The molecule has 3 heteroatoms. The van der Waals surface area contributed by atoms with Gasteiger partial charge in [0, 0.05) is 5.56 Å². The van der Waals surface area contributed by atoms with Gasteiger partial charge in [0.15, 0.2) is 5.78 Å². The summed E-state index contributed by atoms with van der Waals surface area (Å²) in [5, 5.41) is 0. The van der Waals surface area contributed by atoms with Crippen molar-refractivity contribution in [3.05, 3.63) is 47.0 Å². The summed E-state index contributed by atoms with van der Waals surface area (Å²) in [6.45, 7) is 9.31. The van der Waals surface area contributed by atoms with Crippen LogP contribution in [0.5, 0.6) is 0 Å². The van der Waals surface area contributed by atoms with Crippen molar-refractivity contribution < 1.29 is 14.3 Å². The van der Waals surface area contributed by atoms with E-state index >= 15 is 0 Å². The number of ketones is 1. The number of carbonyl (C=O) groups excluding carboxylic acids is 2. The summed E-state index contributed by atoms with van der Waals surface area (Å²) >= 11 is 0. The van der Waals surface area contributed by atoms with Crippen LogP contribution in [0.2, 0.25) is 0 Å². The van der Waals surface area contributed by atoms with Gasteiger partial charge in [0.25, 0.3) is 0 Å². The van der Waals surface area contributed by atoms with Crippen LogP contribution in [0, 0.1) is 19.3 Å². The van der Waals surface area contributed by atoms with E-state index in [-0.39, 0.29) is 12.4 Å². The molecule has 3 nitrogen and oxygen atoms in total. The van der Waals surface area contributed by atoms with E-state index in [1.165, 1.54) is 6.08 Å². The first-order valence-electron chi connectivity index (χ1n) is 6.83. The molecule has 0 spiro atoms. The lowest BCUT2D eigenvalue weighted by molar-refractivity contribution is -0.151. The van der Waals surface area contributed by atoms with E-state index in [1.807, 2.05) is 19.9 Å². The van der Waals surface area contributed by atoms with Crippen molar-refractivity contribution in [2.24, 2.45) is 5.41 Å². The number of Topliss-reactive ketones (excluding diaryl/α,β-unsaturated/α-hetero) is 1. The Bertz CT molecular complexity index is 586. The quantitative estimate of drug-likeness (QED) is 0.482. The van der Waals surface area contributed by atoms with E-state index in [1.54, 1.807) is 6.92 Å². The zero-order valence-electron chi connectivity index (χ0n) is 12.3. The van der Waals surface area contributed by atoms with Crippen molar-refractivity contribution in [1.82, 2.24) is 0 Å². The SMILES string of the molecule is C=CCOC(=O)C1(C)CCc2c(C)cc(C)cc2C1=O. The van der Waals surface area contributed by atoms with Crippen LogP contribution in [0.3, 0.4) is 0 Å². The van der Waals surface area contributed by atoms with Crippen LogP contribution in [0.1, 0.15) is 40.4 Å². The van der Waals surface area contributed by atoms with Crippen molar-refractivity contribution in [2.75, 3.05) is 6.61 Å². The van der Waals surface area contributed by atoms with Crippen LogP contribution in [-0.2, 0) is 16.0 Å². The van der Waals surface area contributed by atoms with Crippen molar-refractivity contribution in [2.45, 2.75) is 33.6 Å². The molecule has 0 aromatic heterocycles. The molecule has 106 valence electrons. The molecule has 0 aliphatic heterocycles. The van der Waals surface area contributed by atoms with Crippen molar-refractivity contribution >= 4 is 11.8 Å². The number of benzene rings is 1. The lowest BCUT2D eigenvalue weighted by Gasteiger charge is -2.32. The fraction of sp³-hybridized carbons (Fsp3) is 0.412. The van der Waals surface area contributed by atoms with Gasteiger partial charge in [0.1, 0.15) is 12.0 Å². The molecule has 0 N–H and O–H groups in total. The van der Waals surface area contributed by atoms with Crippen molar-refractivity contribution in [3.63, 3.8) is 0 Å². The summed E-state index contributed by atoms with van der Waals surface area (Å²) < 4.78 is 5.10. The van der Waals surface area contributed by atoms with Gasteiger partial charge in [0.2, 0.25) is 0 Å². The van der Waals surface area contributed by atoms with Crippen LogP contribution < -0.4 is 0 Å². The maximum atomic E-state index is 12.7. The van der Waals surface area contributed by atoms with E-state index in [4.69, 9.17) is 4.74 Å². The maximum absolute atomic E-state index is 12.7. The molecule has 20 heavy (non-hydrogen) atoms. The second-order valence-corrected chi connectivity index (χ2v) is 5.66. The molecular formula is C17H20O3. The van der Waals surface area contributed by atoms with Gasteiger partial charge in [-0.3, -0.25) is 9.59 Å². The highest BCUT2D eigenvalue weighted by Gasteiger charge is 2.46. The summed E-state index contributed by atoms with van der Waals surface area (Å²) in [5.41, 5.74) is 2.82. The normalized spacial score (nSPS) is 21.2. The molecule has 1 aliphatic carbocycles. The molecule has 1 aromatic rings. The fourth-order valence-corrected chi connectivity index (χ4v) is 2.81. The summed E-state index contributed by atoms with van der Waals surface area (Å²) in [7, 11) is 0. The Morgan fingerprint density at radius 1 is 1.45 bits per heavy atom. The monoisotopic (exact) mass is 272 g/mol. The largest absolute Gasteiger partial charge is 0.461 e. The molecule has 0 fully saturated rings. The van der Waals surface area contributed by atoms with Gasteiger partial charge in [-0.2, -0.15) is 0 Å². The fourth-order valence-electron chi connectivity index (χ4n) is 2.81. The first kappa shape index (κ1) is 14.5. The topological polar surface area (TPSA) is 43.4 Å². The van der Waals surface area contributed by atoms with E-state index in [0.717, 1.165) is 23.1 Å². The second kappa shape index (κ2) is 5.23. The number of hydrogen-bond acceptors (Lipinski definition) is 3. The minimum absolute atomic E-state index is 0.125. The van der Waals surface area contributed by atoms with Gasteiger partial charge in [-0.15, -0.1) is 0 Å². The van der Waals surface area contributed by atoms with E-state index in [9.17, 15) is 9.59 Å². The van der Waals surface area contributed by atoms with Gasteiger partial charge < -0.3 is 4.74 Å². The van der Waals surface area contributed by atoms with E-state index in [2.05, 4.69) is 12.6 Å². The third-order valence-corrected chi connectivity index (χ3v) is 4.02. The molecule has 1 aromatic carbocycles. The van der Waals surface area contributed by atoms with Gasteiger partial charge >= 0.3 is 5.97 Å². The average molecular weight is 272 g/mol. The molecule has 0 amide bonds. The molecule has 0 bridgehead atoms. The Morgan fingerprint density at radius 3 is 2.80 bits per heavy atom. The number of carbonyl (C=O) groups is 2. The third-order valence-electron chi connectivity index (χ3n) is 4.02. The Kier molecular flexibility index (Phi) is 3.80. The second-order valence-electron chi connectivity index (χ2n) is 5.66. The van der Waals surface area contributed by atoms with Gasteiger partial charge in [-0.05, 0) is 50.8 Å². The minimum atomic E-state index is -1.07. The predicted molar refractivity (Wildman–Crippen MR) is 77.8 cm³/mol. The summed E-state index contributed by atoms with van der Waals surface area (Å²) in [6.07, 6.45) is 2.74. The molecular weight excluding hydrogens is 252 g/mol. The number of ether oxygens (including phenoxy) is 1. The third kappa shape index (κ3) is 2.28. The Hall–Kier alpha value is -1.90. The Labute approximate surface area is 119 Å². The van der Waals surface area contributed by atoms with Gasteiger partial charge in [-0.1, -0.05) is 24.3 Å². The number of rotatable bonds is 3. The van der Waals surface area contributed by atoms with Crippen LogP contribution >= 0.6 is 0 Å². The molecule has 0 saturated heterocycles. The highest BCUT2D eigenvalue weighted by molar-refractivity contribution is 6.14. The van der Waals surface area contributed by atoms with Crippen LogP contribution in [0.4, 0.5) is 0 Å². The standard InChI is InChI=1S/C17H20O3/c1-5-8-20-16(19)17(4)7-6-13-12(3)9-11(2)10-14(13)15(17)18/h5,9-10H,1,6-8H2,2-4H3. The molecule has 1 atom stereocenters. The molecule has 0 radical (unpaired) electrons. The predicted octanol–water partition coefficient (Wildman–Crippen LogP) is 3.17. The average Bonchev–Trinajstić information content (AvgIpc) is 2.40. The smallest absolute Gasteiger partial charge is 0.320 e. The van der Waals surface area contributed by atoms with Crippen molar-refractivity contribution in [3.8, 4) is 0 Å². The molecule has 0 heterocycles. The molecule has 2 rings (SSSR count). The highest BCUT2D eigenvalue weighted by Crippen LogP contribution is 2.38. The van der Waals surface area contributed by atoms with Gasteiger partial charge in [-0.25, -0.2) is 0 Å².